The molecule has 3 aromatic carbocycles. The first-order valence-electron chi connectivity index (χ1n) is 8.59. The van der Waals surface area contributed by atoms with E-state index >= 15 is 0 Å². The Labute approximate surface area is 233 Å². The SMILES string of the molecule is ClC(Cl)(Cl)c1cc[c]([Sb]([c]2ccc(C(Cl)(Cl)Cl)cc2)[c]2ccc(C(Cl)(Cl)Cl)cc2)cc1. The van der Waals surface area contributed by atoms with Gasteiger partial charge in [-0.3, -0.25) is 0 Å². The summed E-state index contributed by atoms with van der Waals surface area (Å²) < 4.78 is -0.992. The van der Waals surface area contributed by atoms with Gasteiger partial charge in [0.25, 0.3) is 0 Å². The van der Waals surface area contributed by atoms with Crippen LogP contribution in [0.5, 0.6) is 0 Å². The number of benzene rings is 3. The average molecular weight is 705 g/mol. The van der Waals surface area contributed by atoms with Gasteiger partial charge in [-0.05, 0) is 0 Å². The second kappa shape index (κ2) is 10.4. The molecule has 31 heavy (non-hydrogen) atoms. The minimum atomic E-state index is -2.49. The van der Waals surface area contributed by atoms with E-state index in [9.17, 15) is 0 Å². The molecule has 0 nitrogen and oxygen atoms in total. The average Bonchev–Trinajstić information content (AvgIpc) is 2.67. The Kier molecular flexibility index (Phi) is 8.93. The van der Waals surface area contributed by atoms with Gasteiger partial charge in [-0.15, -0.1) is 0 Å². The molecule has 0 spiro atoms. The van der Waals surface area contributed by atoms with Gasteiger partial charge in [0.15, 0.2) is 0 Å². The van der Waals surface area contributed by atoms with Crippen LogP contribution in [0.25, 0.3) is 0 Å². The van der Waals surface area contributed by atoms with Gasteiger partial charge in [0.1, 0.15) is 0 Å². The van der Waals surface area contributed by atoms with Crippen molar-refractivity contribution in [3.8, 4) is 0 Å². The van der Waals surface area contributed by atoms with E-state index in [4.69, 9.17) is 104 Å². The topological polar surface area (TPSA) is 0 Å². The van der Waals surface area contributed by atoms with Crippen molar-refractivity contribution in [3.05, 3.63) is 89.5 Å². The Morgan fingerprint density at radius 1 is 0.355 bits per heavy atom. The fourth-order valence-electron chi connectivity index (χ4n) is 2.85. The Hall–Kier alpha value is 1.09. The van der Waals surface area contributed by atoms with Crippen molar-refractivity contribution >= 4 is 135 Å². The molecule has 0 atom stereocenters. The minimum absolute atomic E-state index is 0.597. The first kappa shape index (κ1) is 26.7. The summed E-state index contributed by atoms with van der Waals surface area (Å²) in [5.74, 6) is 0. The number of hydrogen-bond donors (Lipinski definition) is 0. The summed E-state index contributed by atoms with van der Waals surface area (Å²) in [6, 6.07) is 22.9. The zero-order chi connectivity index (χ0) is 23.0. The quantitative estimate of drug-likeness (QED) is 0.194. The normalized spacial score (nSPS) is 13.0. The molecule has 0 N–H and O–H groups in total. The second-order valence-corrected chi connectivity index (χ2v) is 19.6. The van der Waals surface area contributed by atoms with Crippen LogP contribution in [0.2, 0.25) is 0 Å². The molecule has 0 heterocycles. The van der Waals surface area contributed by atoms with Gasteiger partial charge in [0.2, 0.25) is 0 Å². The van der Waals surface area contributed by atoms with Crippen LogP contribution in [0.15, 0.2) is 72.8 Å². The molecule has 3 rings (SSSR count). The number of hydrogen-bond acceptors (Lipinski definition) is 0. The van der Waals surface area contributed by atoms with Crippen LogP contribution in [-0.2, 0) is 11.4 Å². The van der Waals surface area contributed by atoms with Crippen molar-refractivity contribution in [1.82, 2.24) is 0 Å². The van der Waals surface area contributed by atoms with E-state index in [1.54, 1.807) is 0 Å². The monoisotopic (exact) mass is 700 g/mol. The summed E-state index contributed by atoms with van der Waals surface area (Å²) in [6.07, 6.45) is 0. The predicted molar refractivity (Wildman–Crippen MR) is 142 cm³/mol. The van der Waals surface area contributed by atoms with E-state index in [0.29, 0.717) is 16.7 Å². The number of halogens is 9. The summed E-state index contributed by atoms with van der Waals surface area (Å²) in [4.78, 5) is 0. The van der Waals surface area contributed by atoms with Gasteiger partial charge < -0.3 is 0 Å². The van der Waals surface area contributed by atoms with Crippen molar-refractivity contribution < 1.29 is 0 Å². The molecule has 0 aliphatic carbocycles. The van der Waals surface area contributed by atoms with Crippen molar-refractivity contribution in [2.75, 3.05) is 0 Å². The molecule has 0 radical (unpaired) electrons. The molecule has 0 unspecified atom stereocenters. The van der Waals surface area contributed by atoms with Crippen LogP contribution in [0, 0.1) is 0 Å². The zero-order valence-corrected chi connectivity index (χ0v) is 24.6. The second-order valence-electron chi connectivity index (χ2n) is 6.47. The predicted octanol–water partition coefficient (Wildman–Crippen LogP) is 7.68. The third-order valence-corrected chi connectivity index (χ3v) is 13.3. The van der Waals surface area contributed by atoms with Crippen LogP contribution in [-0.4, -0.2) is 20.2 Å². The molecule has 164 valence electrons. The molecule has 0 saturated carbocycles. The van der Waals surface area contributed by atoms with Crippen LogP contribution < -0.4 is 10.5 Å². The molecule has 0 bridgehead atoms. The Morgan fingerprint density at radius 2 is 0.548 bits per heavy atom. The van der Waals surface area contributed by atoms with E-state index in [0.717, 1.165) is 10.5 Å². The van der Waals surface area contributed by atoms with E-state index in [1.165, 1.54) is 0 Å². The van der Waals surface area contributed by atoms with E-state index in [1.807, 2.05) is 72.8 Å². The Bertz CT molecular complexity index is 877. The van der Waals surface area contributed by atoms with E-state index in [2.05, 4.69) is 0 Å². The maximum atomic E-state index is 6.02. The van der Waals surface area contributed by atoms with Crippen molar-refractivity contribution in [2.24, 2.45) is 0 Å². The van der Waals surface area contributed by atoms with Crippen LogP contribution in [0.4, 0.5) is 0 Å². The molecule has 0 fully saturated rings. The fraction of sp³-hybridized carbons (Fsp3) is 0.143. The number of rotatable bonds is 3. The third kappa shape index (κ3) is 7.05. The van der Waals surface area contributed by atoms with Crippen LogP contribution in [0.3, 0.4) is 0 Å². The molecule has 0 aliphatic rings. The van der Waals surface area contributed by atoms with Crippen LogP contribution in [0.1, 0.15) is 16.7 Å². The zero-order valence-electron chi connectivity index (χ0n) is 15.3. The standard InChI is InChI=1S/3C7H4Cl3.Sb/c3*8-7(9,10)6-4-2-1-3-5-6;/h3*2-5H;. The van der Waals surface area contributed by atoms with Crippen molar-refractivity contribution in [1.29, 1.82) is 0 Å². The van der Waals surface area contributed by atoms with Gasteiger partial charge in [-0.2, -0.15) is 0 Å². The molecule has 0 amide bonds. The summed E-state index contributed by atoms with van der Waals surface area (Å²) in [6.45, 7) is 0. The molecule has 3 aromatic rings. The molecular formula is C21H12Cl9Sb. The first-order chi connectivity index (χ1) is 14.3. The molecule has 10 heteroatoms. The Morgan fingerprint density at radius 3 is 0.710 bits per heavy atom. The summed E-state index contributed by atoms with van der Waals surface area (Å²) >= 11 is 51.7. The number of alkyl halides is 9. The fourth-order valence-corrected chi connectivity index (χ4v) is 10.4. The first-order valence-corrected chi connectivity index (χ1v) is 15.8. The van der Waals surface area contributed by atoms with Crippen molar-refractivity contribution in [3.63, 3.8) is 0 Å². The molecule has 0 saturated heterocycles. The molecule has 0 aromatic heterocycles. The van der Waals surface area contributed by atoms with Gasteiger partial charge >= 0.3 is 236 Å². The summed E-state index contributed by atoms with van der Waals surface area (Å²) in [5.41, 5.74) is 1.79. The van der Waals surface area contributed by atoms with Crippen LogP contribution >= 0.6 is 104 Å². The van der Waals surface area contributed by atoms with E-state index in [-0.39, 0.29) is 0 Å². The summed E-state index contributed by atoms with van der Waals surface area (Å²) in [7, 11) is 0. The van der Waals surface area contributed by atoms with Gasteiger partial charge in [0.05, 0.1) is 0 Å². The molecular weight excluding hydrogens is 693 g/mol. The van der Waals surface area contributed by atoms with E-state index < -0.39 is 31.6 Å². The maximum absolute atomic E-state index is 6.02. The third-order valence-electron chi connectivity index (χ3n) is 4.36. The van der Waals surface area contributed by atoms with Gasteiger partial charge in [-0.25, -0.2) is 0 Å². The Balaban J connectivity index is 2.08. The van der Waals surface area contributed by atoms with Crippen molar-refractivity contribution in [2.45, 2.75) is 11.4 Å². The van der Waals surface area contributed by atoms with Gasteiger partial charge in [0, 0.05) is 0 Å². The van der Waals surface area contributed by atoms with Gasteiger partial charge in [-0.1, -0.05) is 0 Å². The summed E-state index contributed by atoms with van der Waals surface area (Å²) in [5, 5.41) is 0. The molecule has 0 aliphatic heterocycles.